The molecule has 2 amide bonds. The van der Waals surface area contributed by atoms with Gasteiger partial charge in [0.2, 0.25) is 0 Å². The van der Waals surface area contributed by atoms with Crippen LogP contribution in [0, 0.1) is 0 Å². The van der Waals surface area contributed by atoms with Gasteiger partial charge in [-0.15, -0.1) is 0 Å². The van der Waals surface area contributed by atoms with E-state index >= 15 is 0 Å². The van der Waals surface area contributed by atoms with Crippen molar-refractivity contribution >= 4 is 13.1 Å². The van der Waals surface area contributed by atoms with Gasteiger partial charge in [-0.3, -0.25) is 0 Å². The summed E-state index contributed by atoms with van der Waals surface area (Å²) in [6.45, 7) is 11.7. The minimum absolute atomic E-state index is 0.384. The van der Waals surface area contributed by atoms with Crippen molar-refractivity contribution in [2.24, 2.45) is 5.73 Å². The zero-order chi connectivity index (χ0) is 14.3. The Morgan fingerprint density at radius 3 is 1.83 bits per heavy atom. The van der Waals surface area contributed by atoms with Crippen LogP contribution >= 0.6 is 0 Å². The van der Waals surface area contributed by atoms with Gasteiger partial charge < -0.3 is 19.9 Å². The Kier molecular flexibility index (Phi) is 3.84. The van der Waals surface area contributed by atoms with Crippen molar-refractivity contribution in [1.82, 2.24) is 4.90 Å². The molecular formula is C12H23BN2O3. The third-order valence-corrected chi connectivity index (χ3v) is 4.01. The highest BCUT2D eigenvalue weighted by Crippen LogP contribution is 2.38. The van der Waals surface area contributed by atoms with Crippen LogP contribution in [0.2, 0.25) is 0 Å². The zero-order valence-electron chi connectivity index (χ0n) is 12.3. The number of nitrogens with zero attached hydrogens (tertiary/aromatic N) is 1. The number of nitrogens with two attached hydrogens (primary N) is 1. The fourth-order valence-electron chi connectivity index (χ4n) is 1.62. The molecule has 18 heavy (non-hydrogen) atoms. The normalized spacial score (nSPS) is 22.7. The second-order valence-electron chi connectivity index (χ2n) is 5.75. The lowest BCUT2D eigenvalue weighted by atomic mass is 9.78. The number of primary amides is 1. The fourth-order valence-corrected chi connectivity index (χ4v) is 1.62. The molecule has 0 bridgehead atoms. The molecule has 1 heterocycles. The monoisotopic (exact) mass is 254 g/mol. The summed E-state index contributed by atoms with van der Waals surface area (Å²) in [7, 11) is 1.18. The topological polar surface area (TPSA) is 64.8 Å². The number of carbonyl (C=O) groups excluding carboxylic acids is 1. The fraction of sp³-hybridized carbons (Fsp3) is 0.750. The summed E-state index contributed by atoms with van der Waals surface area (Å²) in [5, 5.41) is 0. The number of amides is 2. The zero-order valence-corrected chi connectivity index (χ0v) is 12.3. The van der Waals surface area contributed by atoms with Gasteiger partial charge in [0.25, 0.3) is 0 Å². The minimum Gasteiger partial charge on any atom is -0.400 e. The number of allylic oxidation sites excluding steroid dienone is 2. The summed E-state index contributed by atoms with van der Waals surface area (Å²) < 4.78 is 11.8. The average molecular weight is 254 g/mol. The Labute approximate surface area is 109 Å². The molecule has 0 saturated carbocycles. The summed E-state index contributed by atoms with van der Waals surface area (Å²) in [5.41, 5.74) is 6.09. The first-order chi connectivity index (χ1) is 7.99. The van der Waals surface area contributed by atoms with Gasteiger partial charge in [0.05, 0.1) is 11.2 Å². The van der Waals surface area contributed by atoms with Gasteiger partial charge in [-0.05, 0) is 47.0 Å². The number of hydrogen-bond donors (Lipinski definition) is 1. The predicted molar refractivity (Wildman–Crippen MR) is 71.8 cm³/mol. The number of carbonyl (C=O) groups is 1. The molecule has 0 aromatic carbocycles. The van der Waals surface area contributed by atoms with E-state index in [9.17, 15) is 4.79 Å². The van der Waals surface area contributed by atoms with Crippen molar-refractivity contribution in [2.75, 3.05) is 7.05 Å². The van der Waals surface area contributed by atoms with Crippen LogP contribution in [0.15, 0.2) is 11.2 Å². The Balaban J connectivity index is 2.98. The summed E-state index contributed by atoms with van der Waals surface area (Å²) in [4.78, 5) is 12.5. The molecule has 0 atom stereocenters. The molecule has 5 nitrogen and oxygen atoms in total. The lowest BCUT2D eigenvalue weighted by Crippen LogP contribution is -2.41. The van der Waals surface area contributed by atoms with E-state index in [0.717, 1.165) is 11.2 Å². The van der Waals surface area contributed by atoms with Crippen LogP contribution < -0.4 is 5.73 Å². The molecule has 0 aromatic heterocycles. The van der Waals surface area contributed by atoms with Gasteiger partial charge >= 0.3 is 13.1 Å². The lowest BCUT2D eigenvalue weighted by molar-refractivity contribution is 0.00578. The van der Waals surface area contributed by atoms with E-state index in [1.165, 1.54) is 4.90 Å². The maximum atomic E-state index is 11.1. The second-order valence-corrected chi connectivity index (χ2v) is 5.75. The molecule has 1 aliphatic heterocycles. The number of urea groups is 1. The van der Waals surface area contributed by atoms with E-state index < -0.39 is 13.1 Å². The van der Waals surface area contributed by atoms with E-state index in [1.807, 2.05) is 41.5 Å². The average Bonchev–Trinajstić information content (AvgIpc) is 2.44. The Morgan fingerprint density at radius 1 is 1.11 bits per heavy atom. The molecule has 1 fully saturated rings. The molecule has 1 rings (SSSR count). The standard InChI is InChI=1S/C12H23BN2O3/c1-8(9(2)15(7)10(14)16)13-17-11(3,4)12(5,6)18-13/h1-7H3,(H2,14,16)/b9-8+. The molecule has 6 heteroatoms. The third-order valence-electron chi connectivity index (χ3n) is 4.01. The van der Waals surface area contributed by atoms with Crippen LogP contribution in [0.5, 0.6) is 0 Å². The molecular weight excluding hydrogens is 231 g/mol. The van der Waals surface area contributed by atoms with Gasteiger partial charge in [0.1, 0.15) is 0 Å². The van der Waals surface area contributed by atoms with Crippen molar-refractivity contribution < 1.29 is 14.1 Å². The molecule has 2 N–H and O–H groups in total. The summed E-state index contributed by atoms with van der Waals surface area (Å²) in [5.74, 6) is 0. The maximum Gasteiger partial charge on any atom is 0.492 e. The largest absolute Gasteiger partial charge is 0.492 e. The van der Waals surface area contributed by atoms with Crippen molar-refractivity contribution in [3.05, 3.63) is 11.2 Å². The van der Waals surface area contributed by atoms with Gasteiger partial charge in [0, 0.05) is 12.7 Å². The first-order valence-corrected chi connectivity index (χ1v) is 6.06. The predicted octanol–water partition coefficient (Wildman–Crippen LogP) is 1.92. The Hall–Kier alpha value is -1.01. The SMILES string of the molecule is C/C(B1OC(C)(C)C(C)(C)O1)=C(/C)N(C)C(N)=O. The Bertz CT molecular complexity index is 375. The van der Waals surface area contributed by atoms with E-state index in [1.54, 1.807) is 7.05 Å². The van der Waals surface area contributed by atoms with Crippen LogP contribution in [-0.4, -0.2) is 36.3 Å². The molecule has 1 aliphatic rings. The van der Waals surface area contributed by atoms with E-state index in [0.29, 0.717) is 0 Å². The van der Waals surface area contributed by atoms with E-state index in [4.69, 9.17) is 15.0 Å². The van der Waals surface area contributed by atoms with Crippen molar-refractivity contribution in [3.8, 4) is 0 Å². The van der Waals surface area contributed by atoms with Crippen LogP contribution in [0.4, 0.5) is 4.79 Å². The highest BCUT2D eigenvalue weighted by molar-refractivity contribution is 6.54. The highest BCUT2D eigenvalue weighted by atomic mass is 16.7. The van der Waals surface area contributed by atoms with Crippen molar-refractivity contribution in [3.63, 3.8) is 0 Å². The lowest BCUT2D eigenvalue weighted by Gasteiger charge is -2.32. The molecule has 0 aromatic rings. The van der Waals surface area contributed by atoms with Gasteiger partial charge in [-0.25, -0.2) is 4.79 Å². The molecule has 0 aliphatic carbocycles. The quantitative estimate of drug-likeness (QED) is 0.765. The molecule has 0 spiro atoms. The molecule has 0 unspecified atom stereocenters. The molecule has 1 saturated heterocycles. The van der Waals surface area contributed by atoms with Crippen molar-refractivity contribution in [2.45, 2.75) is 52.7 Å². The first-order valence-electron chi connectivity index (χ1n) is 6.06. The second kappa shape index (κ2) is 4.59. The van der Waals surface area contributed by atoms with E-state index in [2.05, 4.69) is 0 Å². The Morgan fingerprint density at radius 2 is 1.50 bits per heavy atom. The van der Waals surface area contributed by atoms with Crippen molar-refractivity contribution in [1.29, 1.82) is 0 Å². The van der Waals surface area contributed by atoms with Crippen LogP contribution in [-0.2, 0) is 9.31 Å². The smallest absolute Gasteiger partial charge is 0.400 e. The minimum atomic E-state index is -0.497. The first kappa shape index (κ1) is 15.1. The number of rotatable bonds is 2. The molecule has 102 valence electrons. The molecule has 0 radical (unpaired) electrons. The summed E-state index contributed by atoms with van der Waals surface area (Å²) in [6.07, 6.45) is 0. The van der Waals surface area contributed by atoms with E-state index in [-0.39, 0.29) is 11.2 Å². The third kappa shape index (κ3) is 2.54. The highest BCUT2D eigenvalue weighted by Gasteiger charge is 2.52. The summed E-state index contributed by atoms with van der Waals surface area (Å²) >= 11 is 0. The number of hydrogen-bond acceptors (Lipinski definition) is 3. The summed E-state index contributed by atoms with van der Waals surface area (Å²) in [6, 6.07) is -0.497. The van der Waals surface area contributed by atoms with Gasteiger partial charge in [-0.1, -0.05) is 0 Å². The van der Waals surface area contributed by atoms with Gasteiger partial charge in [-0.2, -0.15) is 0 Å². The van der Waals surface area contributed by atoms with Crippen LogP contribution in [0.3, 0.4) is 0 Å². The maximum absolute atomic E-state index is 11.1. The van der Waals surface area contributed by atoms with Crippen LogP contribution in [0.1, 0.15) is 41.5 Å². The van der Waals surface area contributed by atoms with Crippen LogP contribution in [0.25, 0.3) is 0 Å². The van der Waals surface area contributed by atoms with Gasteiger partial charge in [0.15, 0.2) is 0 Å².